The molecular formula is C19H17N3O5. The van der Waals surface area contributed by atoms with Crippen molar-refractivity contribution in [2.75, 3.05) is 5.01 Å². The molecule has 3 rings (SSSR count). The molecule has 0 unspecified atom stereocenters. The van der Waals surface area contributed by atoms with Crippen LogP contribution < -0.4 is 15.2 Å². The van der Waals surface area contributed by atoms with Gasteiger partial charge in [0.2, 0.25) is 0 Å². The lowest BCUT2D eigenvalue weighted by atomic mass is 10.1. The summed E-state index contributed by atoms with van der Waals surface area (Å²) in [5, 5.41) is 12.4. The van der Waals surface area contributed by atoms with E-state index in [0.717, 1.165) is 5.01 Å². The number of hydrazine groups is 1. The highest BCUT2D eigenvalue weighted by molar-refractivity contribution is 6.31. The maximum Gasteiger partial charge on any atom is 0.311 e. The standard InChI is InChI=1S/C19H17N3O5/c1-12(2)27-17-9-8-13(11-16(17)22(25)26)10-15-18(23)20-21(19(15)24)14-6-4-3-5-7-14/h3-12H,1-2H3,(H,20,23)/b15-10-. The van der Waals surface area contributed by atoms with Gasteiger partial charge in [0.05, 0.1) is 16.7 Å². The van der Waals surface area contributed by atoms with Gasteiger partial charge >= 0.3 is 5.69 Å². The van der Waals surface area contributed by atoms with Crippen LogP contribution in [0.2, 0.25) is 0 Å². The second-order valence-corrected chi connectivity index (χ2v) is 6.13. The predicted octanol–water partition coefficient (Wildman–Crippen LogP) is 2.84. The highest BCUT2D eigenvalue weighted by atomic mass is 16.6. The van der Waals surface area contributed by atoms with Crippen LogP contribution >= 0.6 is 0 Å². The van der Waals surface area contributed by atoms with Gasteiger partial charge in [0.25, 0.3) is 11.8 Å². The molecule has 2 aromatic carbocycles. The van der Waals surface area contributed by atoms with Crippen molar-refractivity contribution < 1.29 is 19.2 Å². The average Bonchev–Trinajstić information content (AvgIpc) is 2.91. The van der Waals surface area contributed by atoms with Crippen molar-refractivity contribution in [3.8, 4) is 5.75 Å². The molecule has 0 spiro atoms. The molecule has 27 heavy (non-hydrogen) atoms. The van der Waals surface area contributed by atoms with E-state index in [1.165, 1.54) is 18.2 Å². The second kappa shape index (κ2) is 7.28. The summed E-state index contributed by atoms with van der Waals surface area (Å²) >= 11 is 0. The van der Waals surface area contributed by atoms with Gasteiger partial charge in [0, 0.05) is 6.07 Å². The molecule has 0 saturated carbocycles. The van der Waals surface area contributed by atoms with Crippen molar-refractivity contribution in [3.05, 3.63) is 69.8 Å². The number of nitrogens with zero attached hydrogens (tertiary/aromatic N) is 2. The zero-order chi connectivity index (χ0) is 19.6. The third-order valence-electron chi connectivity index (χ3n) is 3.76. The minimum atomic E-state index is -0.575. The first-order valence-corrected chi connectivity index (χ1v) is 8.24. The van der Waals surface area contributed by atoms with Crippen LogP contribution in [-0.2, 0) is 9.59 Å². The molecule has 2 amide bonds. The monoisotopic (exact) mass is 367 g/mol. The molecule has 8 heteroatoms. The van der Waals surface area contributed by atoms with Crippen LogP contribution in [-0.4, -0.2) is 22.8 Å². The lowest BCUT2D eigenvalue weighted by Gasteiger charge is -2.13. The van der Waals surface area contributed by atoms with Crippen LogP contribution in [0.15, 0.2) is 54.1 Å². The number of rotatable bonds is 5. The lowest BCUT2D eigenvalue weighted by molar-refractivity contribution is -0.386. The Morgan fingerprint density at radius 3 is 2.48 bits per heavy atom. The number of hydrogen-bond donors (Lipinski definition) is 1. The molecule has 0 bridgehead atoms. The molecule has 0 aromatic heterocycles. The smallest absolute Gasteiger partial charge is 0.311 e. The molecule has 1 fully saturated rings. The molecule has 1 N–H and O–H groups in total. The Morgan fingerprint density at radius 2 is 1.85 bits per heavy atom. The Kier molecular flexibility index (Phi) is 4.89. The fourth-order valence-electron chi connectivity index (χ4n) is 2.60. The number of anilines is 1. The number of carbonyl (C=O) groups excluding carboxylic acids is 2. The van der Waals surface area contributed by atoms with Crippen LogP contribution in [0.1, 0.15) is 19.4 Å². The number of benzene rings is 2. The van der Waals surface area contributed by atoms with Crippen molar-refractivity contribution in [2.24, 2.45) is 0 Å². The van der Waals surface area contributed by atoms with Crippen LogP contribution in [0.25, 0.3) is 6.08 Å². The maximum atomic E-state index is 12.6. The van der Waals surface area contributed by atoms with Crippen LogP contribution in [0.5, 0.6) is 5.75 Å². The summed E-state index contributed by atoms with van der Waals surface area (Å²) in [6.07, 6.45) is 1.10. The Morgan fingerprint density at radius 1 is 1.15 bits per heavy atom. The molecule has 0 aliphatic carbocycles. The summed E-state index contributed by atoms with van der Waals surface area (Å²) < 4.78 is 5.43. The predicted molar refractivity (Wildman–Crippen MR) is 98.9 cm³/mol. The van der Waals surface area contributed by atoms with Crippen LogP contribution in [0.3, 0.4) is 0 Å². The van der Waals surface area contributed by atoms with Gasteiger partial charge in [-0.25, -0.2) is 5.01 Å². The van der Waals surface area contributed by atoms with E-state index in [1.807, 2.05) is 0 Å². The van der Waals surface area contributed by atoms with E-state index >= 15 is 0 Å². The first-order chi connectivity index (χ1) is 12.9. The molecule has 0 radical (unpaired) electrons. The summed E-state index contributed by atoms with van der Waals surface area (Å²) in [6.45, 7) is 3.53. The highest BCUT2D eigenvalue weighted by Crippen LogP contribution is 2.30. The van der Waals surface area contributed by atoms with E-state index in [0.29, 0.717) is 11.3 Å². The summed E-state index contributed by atoms with van der Waals surface area (Å²) in [5.74, 6) is -0.976. The number of carbonyl (C=O) groups is 2. The van der Waals surface area contributed by atoms with Gasteiger partial charge in [-0.3, -0.25) is 25.1 Å². The molecular weight excluding hydrogens is 350 g/mol. The number of nitro benzene ring substituents is 1. The molecule has 1 saturated heterocycles. The Balaban J connectivity index is 1.94. The van der Waals surface area contributed by atoms with Crippen LogP contribution in [0.4, 0.5) is 11.4 Å². The zero-order valence-electron chi connectivity index (χ0n) is 14.7. The molecule has 1 aliphatic heterocycles. The Hall–Kier alpha value is -3.68. The summed E-state index contributed by atoms with van der Waals surface area (Å²) in [5.41, 5.74) is 3.02. The Bertz CT molecular complexity index is 938. The molecule has 138 valence electrons. The third-order valence-corrected chi connectivity index (χ3v) is 3.76. The normalized spacial score (nSPS) is 15.4. The van der Waals surface area contributed by atoms with Crippen molar-refractivity contribution in [1.82, 2.24) is 5.43 Å². The van der Waals surface area contributed by atoms with E-state index in [-0.39, 0.29) is 23.1 Å². The summed E-state index contributed by atoms with van der Waals surface area (Å²) in [6, 6.07) is 12.9. The van der Waals surface area contributed by atoms with Crippen LogP contribution in [0, 0.1) is 10.1 Å². The van der Waals surface area contributed by atoms with Gasteiger partial charge in [-0.05, 0) is 43.7 Å². The molecule has 1 aliphatic rings. The fraction of sp³-hybridized carbons (Fsp3) is 0.158. The van der Waals surface area contributed by atoms with E-state index in [2.05, 4.69) is 5.43 Å². The largest absolute Gasteiger partial charge is 0.484 e. The molecule has 2 aromatic rings. The van der Waals surface area contributed by atoms with Crippen molar-refractivity contribution in [1.29, 1.82) is 0 Å². The van der Waals surface area contributed by atoms with E-state index < -0.39 is 16.7 Å². The third kappa shape index (κ3) is 3.79. The minimum Gasteiger partial charge on any atom is -0.484 e. The van der Waals surface area contributed by atoms with Crippen molar-refractivity contribution in [2.45, 2.75) is 20.0 Å². The Labute approximate surface area is 155 Å². The first kappa shape index (κ1) is 18.1. The van der Waals surface area contributed by atoms with Gasteiger partial charge in [0.1, 0.15) is 5.57 Å². The molecule has 0 atom stereocenters. The quantitative estimate of drug-likeness (QED) is 0.379. The maximum absolute atomic E-state index is 12.6. The van der Waals surface area contributed by atoms with Crippen molar-refractivity contribution in [3.63, 3.8) is 0 Å². The highest BCUT2D eigenvalue weighted by Gasteiger charge is 2.34. The summed E-state index contributed by atoms with van der Waals surface area (Å²) in [4.78, 5) is 35.5. The number of para-hydroxylation sites is 1. The van der Waals surface area contributed by atoms with Gasteiger partial charge in [-0.2, -0.15) is 0 Å². The number of ether oxygens (including phenoxy) is 1. The second-order valence-electron chi connectivity index (χ2n) is 6.13. The van der Waals surface area contributed by atoms with Gasteiger partial charge < -0.3 is 4.74 Å². The van der Waals surface area contributed by atoms with Gasteiger partial charge in [-0.1, -0.05) is 24.3 Å². The SMILES string of the molecule is CC(C)Oc1ccc(/C=C2/C(=O)NN(c3ccccc3)C2=O)cc1[N+](=O)[O-]. The van der Waals surface area contributed by atoms with Gasteiger partial charge in [0.15, 0.2) is 5.75 Å². The number of nitro groups is 1. The average molecular weight is 367 g/mol. The first-order valence-electron chi connectivity index (χ1n) is 8.24. The van der Waals surface area contributed by atoms with Crippen molar-refractivity contribution >= 4 is 29.3 Å². The number of nitrogens with one attached hydrogen (secondary N) is 1. The lowest BCUT2D eigenvalue weighted by Crippen LogP contribution is -2.35. The number of amides is 2. The fourth-order valence-corrected chi connectivity index (χ4v) is 2.60. The summed E-state index contributed by atoms with van der Waals surface area (Å²) in [7, 11) is 0. The number of hydrogen-bond acceptors (Lipinski definition) is 5. The minimum absolute atomic E-state index is 0.106. The van der Waals surface area contributed by atoms with E-state index in [1.54, 1.807) is 50.2 Å². The molecule has 1 heterocycles. The van der Waals surface area contributed by atoms with E-state index in [4.69, 9.17) is 4.74 Å². The van der Waals surface area contributed by atoms with E-state index in [9.17, 15) is 19.7 Å². The zero-order valence-corrected chi connectivity index (χ0v) is 14.7. The molecule has 8 nitrogen and oxygen atoms in total. The topological polar surface area (TPSA) is 102 Å². The van der Waals surface area contributed by atoms with Gasteiger partial charge in [-0.15, -0.1) is 0 Å².